The summed E-state index contributed by atoms with van der Waals surface area (Å²) in [5.41, 5.74) is 1.63. The van der Waals surface area contributed by atoms with Gasteiger partial charge in [0.25, 0.3) is 5.56 Å². The maximum absolute atomic E-state index is 13.1. The molecule has 6 nitrogen and oxygen atoms in total. The summed E-state index contributed by atoms with van der Waals surface area (Å²) >= 11 is 1.26. The van der Waals surface area contributed by atoms with Crippen LogP contribution in [0, 0.1) is 17.2 Å². The van der Waals surface area contributed by atoms with Gasteiger partial charge in [-0.1, -0.05) is 63.1 Å². The Kier molecular flexibility index (Phi) is 8.46. The molecule has 1 N–H and O–H groups in total. The number of hydrogen-bond acceptors (Lipinski definition) is 5. The van der Waals surface area contributed by atoms with Crippen LogP contribution in [0.3, 0.4) is 0 Å². The average Bonchev–Trinajstić information content (AvgIpc) is 2.81. The molecule has 0 spiro atoms. The molecule has 0 aliphatic rings. The zero-order valence-corrected chi connectivity index (χ0v) is 19.3. The molecule has 1 unspecified atom stereocenters. The highest BCUT2D eigenvalue weighted by Crippen LogP contribution is 2.20. The summed E-state index contributed by atoms with van der Waals surface area (Å²) < 4.78 is 1.70. The first-order chi connectivity index (χ1) is 15.5. The van der Waals surface area contributed by atoms with Crippen molar-refractivity contribution in [1.29, 1.82) is 5.26 Å². The van der Waals surface area contributed by atoms with Gasteiger partial charge in [-0.05, 0) is 42.7 Å². The first-order valence-corrected chi connectivity index (χ1v) is 11.9. The van der Waals surface area contributed by atoms with Crippen LogP contribution in [0.2, 0.25) is 0 Å². The van der Waals surface area contributed by atoms with Gasteiger partial charge in [0.2, 0.25) is 5.91 Å². The topological polar surface area (TPSA) is 87.8 Å². The molecule has 0 radical (unpaired) electrons. The summed E-state index contributed by atoms with van der Waals surface area (Å²) in [6.07, 6.45) is 4.24. The molecule has 0 saturated heterocycles. The van der Waals surface area contributed by atoms with Gasteiger partial charge >= 0.3 is 0 Å². The number of hydrogen-bond donors (Lipinski definition) is 1. The van der Waals surface area contributed by atoms with E-state index in [0.29, 0.717) is 39.8 Å². The third-order valence-electron chi connectivity index (χ3n) is 5.46. The monoisotopic (exact) mass is 448 g/mol. The molecule has 7 heteroatoms. The summed E-state index contributed by atoms with van der Waals surface area (Å²) in [6, 6.07) is 16.2. The number of nitriles is 1. The van der Waals surface area contributed by atoms with Crippen LogP contribution in [-0.4, -0.2) is 21.2 Å². The van der Waals surface area contributed by atoms with Crippen molar-refractivity contribution in [2.45, 2.75) is 51.2 Å². The predicted octanol–water partition coefficient (Wildman–Crippen LogP) is 5.22. The molecule has 0 saturated carbocycles. The van der Waals surface area contributed by atoms with Gasteiger partial charge in [-0.3, -0.25) is 14.2 Å². The van der Waals surface area contributed by atoms with E-state index in [1.165, 1.54) is 11.8 Å². The third-order valence-corrected chi connectivity index (χ3v) is 6.44. The number of nitrogens with one attached hydrogen (secondary N) is 1. The van der Waals surface area contributed by atoms with Crippen molar-refractivity contribution in [3.8, 4) is 6.07 Å². The fraction of sp³-hybridized carbons (Fsp3) is 0.360. The van der Waals surface area contributed by atoms with Gasteiger partial charge in [-0.15, -0.1) is 0 Å². The SMILES string of the molecule is CCC(C)CCCCn1c(SCC(=O)Nc2cccc(C#N)c2)nc2ccccc2c1=O. The molecule has 1 atom stereocenters. The second kappa shape index (κ2) is 11.5. The summed E-state index contributed by atoms with van der Waals surface area (Å²) in [5.74, 6) is 0.586. The molecular formula is C25H28N4O2S. The molecule has 0 aliphatic carbocycles. The van der Waals surface area contributed by atoms with Crippen LogP contribution in [0.5, 0.6) is 0 Å². The molecule has 0 fully saturated rings. The maximum Gasteiger partial charge on any atom is 0.262 e. The number of unbranched alkanes of at least 4 members (excludes halogenated alkanes) is 1. The molecule has 0 aliphatic heterocycles. The number of anilines is 1. The molecule has 166 valence electrons. The van der Waals surface area contributed by atoms with E-state index in [1.807, 2.05) is 18.2 Å². The van der Waals surface area contributed by atoms with Crippen LogP contribution < -0.4 is 10.9 Å². The molecular weight excluding hydrogens is 420 g/mol. The highest BCUT2D eigenvalue weighted by Gasteiger charge is 2.13. The van der Waals surface area contributed by atoms with Crippen LogP contribution >= 0.6 is 11.8 Å². The van der Waals surface area contributed by atoms with Crippen molar-refractivity contribution in [3.05, 3.63) is 64.4 Å². The number of amides is 1. The Labute approximate surface area is 192 Å². The van der Waals surface area contributed by atoms with Crippen molar-refractivity contribution in [2.75, 3.05) is 11.1 Å². The zero-order chi connectivity index (χ0) is 22.9. The van der Waals surface area contributed by atoms with Gasteiger partial charge in [0.05, 0.1) is 28.3 Å². The first kappa shape index (κ1) is 23.6. The average molecular weight is 449 g/mol. The Hall–Kier alpha value is -3.11. The van der Waals surface area contributed by atoms with E-state index in [4.69, 9.17) is 5.26 Å². The second-order valence-corrected chi connectivity index (χ2v) is 8.85. The normalized spacial score (nSPS) is 11.8. The fourth-order valence-corrected chi connectivity index (χ4v) is 4.24. The van der Waals surface area contributed by atoms with E-state index in [1.54, 1.807) is 34.9 Å². The highest BCUT2D eigenvalue weighted by molar-refractivity contribution is 7.99. The third kappa shape index (κ3) is 6.21. The quantitative estimate of drug-likeness (QED) is 0.261. The Balaban J connectivity index is 1.74. The minimum atomic E-state index is -0.212. The number of benzene rings is 2. The van der Waals surface area contributed by atoms with Crippen molar-refractivity contribution in [2.24, 2.45) is 5.92 Å². The highest BCUT2D eigenvalue weighted by atomic mass is 32.2. The van der Waals surface area contributed by atoms with Gasteiger partial charge in [0, 0.05) is 12.2 Å². The molecule has 1 aromatic heterocycles. The largest absolute Gasteiger partial charge is 0.325 e. The standard InChI is InChI=1S/C25H28N4O2S/c1-3-18(2)9-6-7-14-29-24(31)21-12-4-5-13-22(21)28-25(29)32-17-23(30)27-20-11-8-10-19(15-20)16-26/h4-5,8,10-13,15,18H,3,6-7,9,14,17H2,1-2H3,(H,27,30). The molecule has 0 bridgehead atoms. The Morgan fingerprint density at radius 1 is 1.22 bits per heavy atom. The number of rotatable bonds is 10. The Bertz CT molecular complexity index is 1180. The lowest BCUT2D eigenvalue weighted by Gasteiger charge is -2.14. The molecule has 1 heterocycles. The van der Waals surface area contributed by atoms with Crippen molar-refractivity contribution >= 4 is 34.3 Å². The van der Waals surface area contributed by atoms with Crippen LogP contribution in [-0.2, 0) is 11.3 Å². The van der Waals surface area contributed by atoms with Crippen molar-refractivity contribution < 1.29 is 4.79 Å². The Morgan fingerprint density at radius 2 is 2.03 bits per heavy atom. The van der Waals surface area contributed by atoms with Gasteiger partial charge in [0.15, 0.2) is 5.16 Å². The second-order valence-electron chi connectivity index (χ2n) is 7.91. The van der Waals surface area contributed by atoms with Crippen LogP contribution in [0.25, 0.3) is 10.9 Å². The summed E-state index contributed by atoms with van der Waals surface area (Å²) in [4.78, 5) is 30.3. The minimum Gasteiger partial charge on any atom is -0.325 e. The summed E-state index contributed by atoms with van der Waals surface area (Å²) in [7, 11) is 0. The van der Waals surface area contributed by atoms with E-state index in [9.17, 15) is 9.59 Å². The minimum absolute atomic E-state index is 0.0660. The zero-order valence-electron chi connectivity index (χ0n) is 18.5. The van der Waals surface area contributed by atoms with Gasteiger partial charge < -0.3 is 5.32 Å². The number of fused-ring (bicyclic) bond motifs is 1. The number of aromatic nitrogens is 2. The van der Waals surface area contributed by atoms with E-state index in [-0.39, 0.29) is 17.2 Å². The van der Waals surface area contributed by atoms with Gasteiger partial charge in [-0.2, -0.15) is 5.26 Å². The number of thioether (sulfide) groups is 1. The van der Waals surface area contributed by atoms with Crippen molar-refractivity contribution in [1.82, 2.24) is 9.55 Å². The van der Waals surface area contributed by atoms with E-state index < -0.39 is 0 Å². The predicted molar refractivity (Wildman–Crippen MR) is 130 cm³/mol. The summed E-state index contributed by atoms with van der Waals surface area (Å²) in [5, 5.41) is 13.0. The lowest BCUT2D eigenvalue weighted by Crippen LogP contribution is -2.24. The lowest BCUT2D eigenvalue weighted by molar-refractivity contribution is -0.113. The van der Waals surface area contributed by atoms with Crippen LogP contribution in [0.1, 0.15) is 45.1 Å². The summed E-state index contributed by atoms with van der Waals surface area (Å²) in [6.45, 7) is 5.02. The smallest absolute Gasteiger partial charge is 0.262 e. The lowest BCUT2D eigenvalue weighted by atomic mass is 10.0. The van der Waals surface area contributed by atoms with Crippen LogP contribution in [0.15, 0.2) is 58.5 Å². The molecule has 3 aromatic rings. The van der Waals surface area contributed by atoms with E-state index in [2.05, 4.69) is 30.2 Å². The fourth-order valence-electron chi connectivity index (χ4n) is 3.42. The molecule has 1 amide bonds. The van der Waals surface area contributed by atoms with E-state index >= 15 is 0 Å². The molecule has 3 rings (SSSR count). The molecule has 2 aromatic carbocycles. The number of para-hydroxylation sites is 1. The van der Waals surface area contributed by atoms with Crippen LogP contribution in [0.4, 0.5) is 5.69 Å². The molecule has 32 heavy (non-hydrogen) atoms. The first-order valence-electron chi connectivity index (χ1n) is 10.9. The number of nitrogens with zero attached hydrogens (tertiary/aromatic N) is 3. The van der Waals surface area contributed by atoms with E-state index in [0.717, 1.165) is 25.7 Å². The maximum atomic E-state index is 13.1. The van der Waals surface area contributed by atoms with Crippen molar-refractivity contribution in [3.63, 3.8) is 0 Å². The van der Waals surface area contributed by atoms with Gasteiger partial charge in [-0.25, -0.2) is 4.98 Å². The van der Waals surface area contributed by atoms with Gasteiger partial charge in [0.1, 0.15) is 0 Å². The number of carbonyl (C=O) groups is 1. The Morgan fingerprint density at radius 3 is 2.81 bits per heavy atom. The number of carbonyl (C=O) groups excluding carboxylic acids is 1.